The minimum absolute atomic E-state index is 0.00370. The van der Waals surface area contributed by atoms with Crippen LogP contribution in [0.4, 0.5) is 0 Å². The Labute approximate surface area is 108 Å². The molecule has 0 bridgehead atoms. The van der Waals surface area contributed by atoms with Crippen LogP contribution in [0.15, 0.2) is 0 Å². The van der Waals surface area contributed by atoms with Gasteiger partial charge in [0.1, 0.15) is 5.60 Å². The fourth-order valence-corrected chi connectivity index (χ4v) is 1.80. The largest absolute Gasteiger partial charge is 0.460 e. The summed E-state index contributed by atoms with van der Waals surface area (Å²) in [7, 11) is 0. The summed E-state index contributed by atoms with van der Waals surface area (Å²) in [5.74, 6) is -0.326. The van der Waals surface area contributed by atoms with Crippen LogP contribution >= 0.6 is 0 Å². The average Bonchev–Trinajstić information content (AvgIpc) is 2.23. The van der Waals surface area contributed by atoms with Crippen molar-refractivity contribution in [1.29, 1.82) is 0 Å². The Hall–Kier alpha value is -1.10. The summed E-state index contributed by atoms with van der Waals surface area (Å²) in [4.78, 5) is 25.1. The van der Waals surface area contributed by atoms with Crippen molar-refractivity contribution in [2.45, 2.75) is 52.2 Å². The number of morpholine rings is 1. The van der Waals surface area contributed by atoms with Gasteiger partial charge in [-0.1, -0.05) is 0 Å². The molecule has 5 heteroatoms. The van der Waals surface area contributed by atoms with Crippen LogP contribution in [0.25, 0.3) is 0 Å². The highest BCUT2D eigenvalue weighted by atomic mass is 16.6. The SMILES string of the molecule is CC1CN(C(=O)CCC(=O)OC(C)(C)C)CCO1. The van der Waals surface area contributed by atoms with Crippen molar-refractivity contribution in [3.05, 3.63) is 0 Å². The predicted molar refractivity (Wildman–Crippen MR) is 67.1 cm³/mol. The lowest BCUT2D eigenvalue weighted by atomic mass is 10.2. The number of carbonyl (C=O) groups excluding carboxylic acids is 2. The van der Waals surface area contributed by atoms with Gasteiger partial charge in [-0.3, -0.25) is 9.59 Å². The van der Waals surface area contributed by atoms with Crippen molar-refractivity contribution in [2.24, 2.45) is 0 Å². The van der Waals surface area contributed by atoms with Crippen molar-refractivity contribution in [1.82, 2.24) is 4.90 Å². The van der Waals surface area contributed by atoms with Gasteiger partial charge in [0.15, 0.2) is 0 Å². The molecule has 104 valence electrons. The molecule has 18 heavy (non-hydrogen) atoms. The average molecular weight is 257 g/mol. The molecule has 0 aromatic rings. The second-order valence-corrected chi connectivity index (χ2v) is 5.61. The fraction of sp³-hybridized carbons (Fsp3) is 0.846. The summed E-state index contributed by atoms with van der Waals surface area (Å²) in [6, 6.07) is 0. The van der Waals surface area contributed by atoms with Crippen LogP contribution in [0.1, 0.15) is 40.5 Å². The maximum atomic E-state index is 11.9. The lowest BCUT2D eigenvalue weighted by Gasteiger charge is -2.31. The maximum absolute atomic E-state index is 11.9. The van der Waals surface area contributed by atoms with E-state index in [0.29, 0.717) is 19.7 Å². The van der Waals surface area contributed by atoms with Gasteiger partial charge < -0.3 is 14.4 Å². The normalized spacial score (nSPS) is 20.7. The Morgan fingerprint density at radius 3 is 2.56 bits per heavy atom. The highest BCUT2D eigenvalue weighted by molar-refractivity contribution is 5.81. The number of ether oxygens (including phenoxy) is 2. The molecule has 0 aliphatic carbocycles. The summed E-state index contributed by atoms with van der Waals surface area (Å²) in [5, 5.41) is 0. The van der Waals surface area contributed by atoms with Crippen LogP contribution in [0.5, 0.6) is 0 Å². The summed E-state index contributed by atoms with van der Waals surface area (Å²) in [6.45, 7) is 9.17. The molecule has 0 saturated carbocycles. The number of hydrogen-bond donors (Lipinski definition) is 0. The van der Waals surface area contributed by atoms with Crippen molar-refractivity contribution in [2.75, 3.05) is 19.7 Å². The molecule has 0 aromatic heterocycles. The molecule has 1 aliphatic heterocycles. The van der Waals surface area contributed by atoms with Crippen molar-refractivity contribution >= 4 is 11.9 Å². The Morgan fingerprint density at radius 1 is 1.33 bits per heavy atom. The monoisotopic (exact) mass is 257 g/mol. The van der Waals surface area contributed by atoms with Crippen molar-refractivity contribution in [3.63, 3.8) is 0 Å². The van der Waals surface area contributed by atoms with Crippen LogP contribution in [0.3, 0.4) is 0 Å². The third-order valence-corrected chi connectivity index (χ3v) is 2.56. The van der Waals surface area contributed by atoms with Gasteiger partial charge in [-0.2, -0.15) is 0 Å². The molecule has 1 fully saturated rings. The Balaban J connectivity index is 2.30. The molecular formula is C13H23NO4. The smallest absolute Gasteiger partial charge is 0.306 e. The van der Waals surface area contributed by atoms with Gasteiger partial charge in [0.05, 0.1) is 19.1 Å². The van der Waals surface area contributed by atoms with Gasteiger partial charge in [0.25, 0.3) is 0 Å². The lowest BCUT2D eigenvalue weighted by Crippen LogP contribution is -2.44. The van der Waals surface area contributed by atoms with Gasteiger partial charge >= 0.3 is 5.97 Å². The van der Waals surface area contributed by atoms with Crippen LogP contribution in [0.2, 0.25) is 0 Å². The molecule has 1 rings (SSSR count). The summed E-state index contributed by atoms with van der Waals surface area (Å²) < 4.78 is 10.5. The van der Waals surface area contributed by atoms with Crippen molar-refractivity contribution in [3.8, 4) is 0 Å². The van der Waals surface area contributed by atoms with Crippen LogP contribution in [-0.2, 0) is 19.1 Å². The number of hydrogen-bond acceptors (Lipinski definition) is 4. The topological polar surface area (TPSA) is 55.8 Å². The molecule has 1 saturated heterocycles. The zero-order valence-electron chi connectivity index (χ0n) is 11.7. The standard InChI is InChI=1S/C13H23NO4/c1-10-9-14(7-8-17-10)11(15)5-6-12(16)18-13(2,3)4/h10H,5-9H2,1-4H3. The summed E-state index contributed by atoms with van der Waals surface area (Å²) >= 11 is 0. The second kappa shape index (κ2) is 6.18. The molecular weight excluding hydrogens is 234 g/mol. The van der Waals surface area contributed by atoms with Gasteiger partial charge in [0.2, 0.25) is 5.91 Å². The first-order valence-corrected chi connectivity index (χ1v) is 6.39. The molecule has 0 radical (unpaired) electrons. The van der Waals surface area contributed by atoms with Crippen LogP contribution in [0, 0.1) is 0 Å². The summed E-state index contributed by atoms with van der Waals surface area (Å²) in [6.07, 6.45) is 0.424. The first-order chi connectivity index (χ1) is 8.28. The van der Waals surface area contributed by atoms with Gasteiger partial charge in [0, 0.05) is 19.5 Å². The Morgan fingerprint density at radius 2 is 2.00 bits per heavy atom. The van der Waals surface area contributed by atoms with Crippen molar-refractivity contribution < 1.29 is 19.1 Å². The minimum Gasteiger partial charge on any atom is -0.460 e. The predicted octanol–water partition coefficient (Wildman–Crippen LogP) is 1.36. The van der Waals surface area contributed by atoms with E-state index in [4.69, 9.17) is 9.47 Å². The van der Waals surface area contributed by atoms with E-state index >= 15 is 0 Å². The lowest BCUT2D eigenvalue weighted by molar-refractivity contribution is -0.156. The highest BCUT2D eigenvalue weighted by Gasteiger charge is 2.23. The molecule has 0 aromatic carbocycles. The molecule has 1 atom stereocenters. The van der Waals surface area contributed by atoms with E-state index in [1.807, 2.05) is 27.7 Å². The second-order valence-electron chi connectivity index (χ2n) is 5.61. The molecule has 1 amide bonds. The highest BCUT2D eigenvalue weighted by Crippen LogP contribution is 2.11. The van der Waals surface area contributed by atoms with E-state index in [0.717, 1.165) is 0 Å². The van der Waals surface area contributed by atoms with E-state index in [-0.39, 0.29) is 30.8 Å². The number of carbonyl (C=O) groups is 2. The van der Waals surface area contributed by atoms with Gasteiger partial charge in [-0.15, -0.1) is 0 Å². The maximum Gasteiger partial charge on any atom is 0.306 e. The molecule has 1 heterocycles. The Kier molecular flexibility index (Phi) is 5.14. The van der Waals surface area contributed by atoms with Crippen LogP contribution < -0.4 is 0 Å². The molecule has 0 N–H and O–H groups in total. The van der Waals surface area contributed by atoms with E-state index in [9.17, 15) is 9.59 Å². The zero-order chi connectivity index (χ0) is 13.8. The minimum atomic E-state index is -0.492. The number of esters is 1. The fourth-order valence-electron chi connectivity index (χ4n) is 1.80. The zero-order valence-corrected chi connectivity index (χ0v) is 11.7. The first kappa shape index (κ1) is 15.0. The molecule has 1 aliphatic rings. The van der Waals surface area contributed by atoms with E-state index in [1.165, 1.54) is 0 Å². The summed E-state index contributed by atoms with van der Waals surface area (Å²) in [5.41, 5.74) is -0.492. The third-order valence-electron chi connectivity index (χ3n) is 2.56. The van der Waals surface area contributed by atoms with Gasteiger partial charge in [-0.25, -0.2) is 0 Å². The van der Waals surface area contributed by atoms with E-state index < -0.39 is 5.60 Å². The number of nitrogens with zero attached hydrogens (tertiary/aromatic N) is 1. The third kappa shape index (κ3) is 5.49. The molecule has 0 spiro atoms. The quantitative estimate of drug-likeness (QED) is 0.716. The van der Waals surface area contributed by atoms with E-state index in [2.05, 4.69) is 0 Å². The first-order valence-electron chi connectivity index (χ1n) is 6.39. The van der Waals surface area contributed by atoms with Crippen LogP contribution in [-0.4, -0.2) is 48.2 Å². The van der Waals surface area contributed by atoms with E-state index in [1.54, 1.807) is 4.90 Å². The molecule has 1 unspecified atom stereocenters. The number of amides is 1. The molecule has 5 nitrogen and oxygen atoms in total. The van der Waals surface area contributed by atoms with Gasteiger partial charge in [-0.05, 0) is 27.7 Å². The Bertz CT molecular complexity index is 309. The number of rotatable bonds is 3.